The quantitative estimate of drug-likeness (QED) is 0.600. The van der Waals surface area contributed by atoms with Gasteiger partial charge in [-0.25, -0.2) is 0 Å². The van der Waals surface area contributed by atoms with Crippen molar-refractivity contribution in [2.24, 2.45) is 4.99 Å². The topological polar surface area (TPSA) is 60.7 Å². The highest BCUT2D eigenvalue weighted by molar-refractivity contribution is 7.18. The van der Waals surface area contributed by atoms with E-state index in [2.05, 4.69) is 4.99 Å². The highest BCUT2D eigenvalue weighted by Crippen LogP contribution is 2.27. The molecule has 0 fully saturated rings. The monoisotopic (exact) mass is 414 g/mol. The van der Waals surface area contributed by atoms with E-state index in [-0.39, 0.29) is 6.54 Å². The zero-order valence-corrected chi connectivity index (χ0v) is 16.4. The minimum absolute atomic E-state index is 0.0605. The molecule has 0 atom stereocenters. The van der Waals surface area contributed by atoms with E-state index in [4.69, 9.17) is 27.9 Å². The molecule has 0 spiro atoms. The van der Waals surface area contributed by atoms with Crippen LogP contribution in [0.2, 0.25) is 9.36 Å². The number of aromatic nitrogens is 1. The third-order valence-corrected chi connectivity index (χ3v) is 6.20. The maximum Gasteiger partial charge on any atom is 0.325 e. The van der Waals surface area contributed by atoms with Crippen LogP contribution in [-0.4, -0.2) is 23.6 Å². The lowest BCUT2D eigenvalue weighted by Crippen LogP contribution is -2.22. The minimum atomic E-state index is -0.438. The van der Waals surface area contributed by atoms with Crippen LogP contribution in [0.5, 0.6) is 0 Å². The van der Waals surface area contributed by atoms with Crippen LogP contribution in [0.4, 0.5) is 0 Å². The third kappa shape index (κ3) is 3.64. The first kappa shape index (κ1) is 18.1. The fourth-order valence-electron chi connectivity index (χ4n) is 2.31. The molecule has 9 heteroatoms. The number of methoxy groups -OCH3 is 1. The number of hydrogen-bond donors (Lipinski definition) is 0. The van der Waals surface area contributed by atoms with Gasteiger partial charge in [-0.3, -0.25) is 9.59 Å². The van der Waals surface area contributed by atoms with Crippen molar-refractivity contribution in [1.82, 2.24) is 4.57 Å². The molecule has 3 rings (SSSR count). The van der Waals surface area contributed by atoms with Crippen LogP contribution in [0.15, 0.2) is 29.3 Å². The molecular formula is C16H12Cl2N2O3S2. The Bertz CT molecular complexity index is 1050. The normalized spacial score (nSPS) is 11.9. The number of thiazole rings is 1. The summed E-state index contributed by atoms with van der Waals surface area (Å²) in [5, 5.41) is 0.576. The molecule has 2 heterocycles. The molecule has 0 radical (unpaired) electrons. The lowest BCUT2D eigenvalue weighted by Gasteiger charge is -2.06. The Balaban J connectivity index is 2.21. The Morgan fingerprint density at radius 3 is 2.60 bits per heavy atom. The molecule has 0 bridgehead atoms. The number of carbonyl (C=O) groups is 2. The number of halogens is 2. The van der Waals surface area contributed by atoms with Gasteiger partial charge in [0, 0.05) is 5.02 Å². The highest BCUT2D eigenvalue weighted by atomic mass is 35.5. The average Bonchev–Trinajstić information content (AvgIpc) is 3.16. The zero-order chi connectivity index (χ0) is 18.1. The van der Waals surface area contributed by atoms with Crippen LogP contribution in [0.25, 0.3) is 10.2 Å². The number of thiophene rings is 1. The smallest absolute Gasteiger partial charge is 0.325 e. The van der Waals surface area contributed by atoms with Gasteiger partial charge in [-0.1, -0.05) is 34.5 Å². The van der Waals surface area contributed by atoms with Gasteiger partial charge >= 0.3 is 5.97 Å². The molecule has 1 aromatic carbocycles. The minimum Gasteiger partial charge on any atom is -0.468 e. The number of rotatable bonds is 3. The molecule has 1 amide bonds. The summed E-state index contributed by atoms with van der Waals surface area (Å²) in [6.45, 7) is 1.80. The Kier molecular flexibility index (Phi) is 5.29. The first-order valence-electron chi connectivity index (χ1n) is 7.10. The van der Waals surface area contributed by atoms with Gasteiger partial charge in [-0.05, 0) is 36.8 Å². The number of nitrogens with zero attached hydrogens (tertiary/aromatic N) is 2. The van der Waals surface area contributed by atoms with Crippen molar-refractivity contribution in [3.63, 3.8) is 0 Å². The Hall–Kier alpha value is -1.67. The number of amides is 1. The number of ether oxygens (including phenoxy) is 1. The second kappa shape index (κ2) is 7.29. The molecule has 0 unspecified atom stereocenters. The molecule has 25 heavy (non-hydrogen) atoms. The number of fused-ring (bicyclic) bond motifs is 1. The first-order valence-corrected chi connectivity index (χ1v) is 9.49. The van der Waals surface area contributed by atoms with E-state index in [1.807, 2.05) is 13.0 Å². The first-order chi connectivity index (χ1) is 11.9. The van der Waals surface area contributed by atoms with Crippen molar-refractivity contribution in [3.05, 3.63) is 48.9 Å². The standard InChI is InChI=1S/C16H12Cl2N2O3S2/c1-8-9(17)3-4-10-14(8)20(7-13(21)23-2)16(25-10)19-15(22)11-5-6-12(18)24-11/h3-6H,7H2,1-2H3. The summed E-state index contributed by atoms with van der Waals surface area (Å²) in [4.78, 5) is 29.2. The van der Waals surface area contributed by atoms with E-state index in [0.29, 0.717) is 19.0 Å². The average molecular weight is 415 g/mol. The van der Waals surface area contributed by atoms with Crippen LogP contribution in [0, 0.1) is 6.92 Å². The van der Waals surface area contributed by atoms with E-state index >= 15 is 0 Å². The van der Waals surface area contributed by atoms with Gasteiger partial charge in [0.1, 0.15) is 6.54 Å². The highest BCUT2D eigenvalue weighted by Gasteiger charge is 2.16. The number of esters is 1. The van der Waals surface area contributed by atoms with Crippen LogP contribution in [0.1, 0.15) is 15.2 Å². The van der Waals surface area contributed by atoms with Crippen molar-refractivity contribution in [1.29, 1.82) is 0 Å². The van der Waals surface area contributed by atoms with E-state index in [9.17, 15) is 9.59 Å². The summed E-state index contributed by atoms with van der Waals surface area (Å²) in [5.41, 5.74) is 1.58. The second-order valence-electron chi connectivity index (χ2n) is 5.09. The SMILES string of the molecule is COC(=O)Cn1c(=NC(=O)c2ccc(Cl)s2)sc2ccc(Cl)c(C)c21. The third-order valence-electron chi connectivity index (χ3n) is 3.53. The summed E-state index contributed by atoms with van der Waals surface area (Å²) in [6, 6.07) is 6.89. The van der Waals surface area contributed by atoms with Crippen molar-refractivity contribution in [2.45, 2.75) is 13.5 Å². The Labute approximate surface area is 161 Å². The second-order valence-corrected chi connectivity index (χ2v) is 8.22. The van der Waals surface area contributed by atoms with Gasteiger partial charge < -0.3 is 9.30 Å². The van der Waals surface area contributed by atoms with E-state index in [1.54, 1.807) is 22.8 Å². The van der Waals surface area contributed by atoms with Gasteiger partial charge in [-0.15, -0.1) is 11.3 Å². The lowest BCUT2D eigenvalue weighted by molar-refractivity contribution is -0.141. The van der Waals surface area contributed by atoms with Gasteiger partial charge in [0.25, 0.3) is 5.91 Å². The fourth-order valence-corrected chi connectivity index (χ4v) is 4.48. The predicted molar refractivity (Wildman–Crippen MR) is 101 cm³/mol. The molecule has 0 saturated heterocycles. The number of carbonyl (C=O) groups excluding carboxylic acids is 2. The molecule has 2 aromatic heterocycles. The van der Waals surface area contributed by atoms with Gasteiger partial charge in [-0.2, -0.15) is 4.99 Å². The van der Waals surface area contributed by atoms with Gasteiger partial charge in [0.15, 0.2) is 4.80 Å². The maximum absolute atomic E-state index is 12.4. The molecule has 5 nitrogen and oxygen atoms in total. The van der Waals surface area contributed by atoms with Crippen molar-refractivity contribution >= 4 is 68.0 Å². The van der Waals surface area contributed by atoms with Crippen LogP contribution in [0.3, 0.4) is 0 Å². The van der Waals surface area contributed by atoms with E-state index < -0.39 is 11.9 Å². The van der Waals surface area contributed by atoms with Crippen LogP contribution < -0.4 is 4.80 Å². The maximum atomic E-state index is 12.4. The molecule has 3 aromatic rings. The fraction of sp³-hybridized carbons (Fsp3) is 0.188. The Morgan fingerprint density at radius 1 is 1.20 bits per heavy atom. The molecule has 0 N–H and O–H groups in total. The zero-order valence-electron chi connectivity index (χ0n) is 13.2. The summed E-state index contributed by atoms with van der Waals surface area (Å²) in [7, 11) is 1.31. The molecule has 130 valence electrons. The largest absolute Gasteiger partial charge is 0.468 e. The van der Waals surface area contributed by atoms with Gasteiger partial charge in [0.2, 0.25) is 0 Å². The van der Waals surface area contributed by atoms with Crippen molar-refractivity contribution in [2.75, 3.05) is 7.11 Å². The molecule has 0 aliphatic carbocycles. The van der Waals surface area contributed by atoms with E-state index in [0.717, 1.165) is 27.1 Å². The van der Waals surface area contributed by atoms with E-state index in [1.165, 1.54) is 18.4 Å². The lowest BCUT2D eigenvalue weighted by atomic mass is 10.2. The van der Waals surface area contributed by atoms with Crippen molar-refractivity contribution < 1.29 is 14.3 Å². The van der Waals surface area contributed by atoms with Crippen LogP contribution in [-0.2, 0) is 16.1 Å². The Morgan fingerprint density at radius 2 is 1.96 bits per heavy atom. The van der Waals surface area contributed by atoms with Crippen molar-refractivity contribution in [3.8, 4) is 0 Å². The van der Waals surface area contributed by atoms with Crippen LogP contribution >= 0.6 is 45.9 Å². The number of aryl methyl sites for hydroxylation is 1. The van der Waals surface area contributed by atoms with Gasteiger partial charge in [0.05, 0.1) is 26.5 Å². The summed E-state index contributed by atoms with van der Waals surface area (Å²) < 4.78 is 7.80. The predicted octanol–water partition coefficient (Wildman–Crippen LogP) is 4.29. The summed E-state index contributed by atoms with van der Waals surface area (Å²) >= 11 is 14.5. The summed E-state index contributed by atoms with van der Waals surface area (Å²) in [5.74, 6) is -0.849. The number of benzene rings is 1. The molecular weight excluding hydrogens is 403 g/mol. The molecule has 0 aliphatic rings. The molecule has 0 saturated carbocycles. The summed E-state index contributed by atoms with van der Waals surface area (Å²) in [6.07, 6.45) is 0. The number of hydrogen-bond acceptors (Lipinski definition) is 5. The molecule has 0 aliphatic heterocycles.